The summed E-state index contributed by atoms with van der Waals surface area (Å²) in [5.74, 6) is -0.0409. The second-order valence-corrected chi connectivity index (χ2v) is 7.98. The molecule has 1 spiro atoms. The number of carbonyl (C=O) groups excluding carboxylic acids is 2. The van der Waals surface area contributed by atoms with Crippen molar-refractivity contribution in [2.75, 3.05) is 6.54 Å². The van der Waals surface area contributed by atoms with Crippen molar-refractivity contribution in [2.24, 2.45) is 11.8 Å². The monoisotopic (exact) mass is 372 g/mol. The van der Waals surface area contributed by atoms with Crippen molar-refractivity contribution in [1.29, 1.82) is 0 Å². The van der Waals surface area contributed by atoms with E-state index in [9.17, 15) is 9.59 Å². The predicted molar refractivity (Wildman–Crippen MR) is 93.2 cm³/mol. The summed E-state index contributed by atoms with van der Waals surface area (Å²) in [7, 11) is 0. The molecule has 2 bridgehead atoms. The Morgan fingerprint density at radius 1 is 1.41 bits per heavy atom. The van der Waals surface area contributed by atoms with Crippen LogP contribution in [0.2, 0.25) is 0 Å². The van der Waals surface area contributed by atoms with Crippen LogP contribution in [-0.2, 0) is 27.3 Å². The first-order valence-corrected chi connectivity index (χ1v) is 9.88. The number of aryl methyl sites for hydroxylation is 1. The van der Waals surface area contributed by atoms with E-state index in [4.69, 9.17) is 9.26 Å². The fourth-order valence-corrected chi connectivity index (χ4v) is 5.14. The number of amides is 2. The van der Waals surface area contributed by atoms with Crippen molar-refractivity contribution < 1.29 is 18.8 Å². The zero-order chi connectivity index (χ0) is 18.6. The third kappa shape index (κ3) is 2.53. The highest BCUT2D eigenvalue weighted by Crippen LogP contribution is 2.52. The number of ether oxygens (including phenoxy) is 1. The highest BCUT2D eigenvalue weighted by atomic mass is 16.5. The fourth-order valence-electron chi connectivity index (χ4n) is 5.14. The Morgan fingerprint density at radius 2 is 2.22 bits per heavy atom. The maximum absolute atomic E-state index is 13.2. The van der Waals surface area contributed by atoms with Gasteiger partial charge in [0, 0.05) is 12.5 Å². The molecule has 4 unspecified atom stereocenters. The van der Waals surface area contributed by atoms with E-state index in [-0.39, 0.29) is 24.5 Å². The summed E-state index contributed by atoms with van der Waals surface area (Å²) >= 11 is 0. The van der Waals surface area contributed by atoms with E-state index >= 15 is 0 Å². The lowest BCUT2D eigenvalue weighted by atomic mass is 9.77. The van der Waals surface area contributed by atoms with E-state index in [0.29, 0.717) is 30.7 Å². The van der Waals surface area contributed by atoms with Gasteiger partial charge in [-0.25, -0.2) is 0 Å². The minimum atomic E-state index is -0.631. The first-order chi connectivity index (χ1) is 13.1. The molecule has 1 saturated carbocycles. The molecule has 0 aromatic carbocycles. The van der Waals surface area contributed by atoms with E-state index in [1.54, 1.807) is 0 Å². The highest BCUT2D eigenvalue weighted by Gasteiger charge is 2.67. The molecule has 4 atom stereocenters. The first-order valence-electron chi connectivity index (χ1n) is 9.88. The molecule has 1 aromatic heterocycles. The molecule has 8 nitrogen and oxygen atoms in total. The van der Waals surface area contributed by atoms with Gasteiger partial charge in [-0.3, -0.25) is 9.59 Å². The number of nitrogens with one attached hydrogen (secondary N) is 1. The molecule has 2 saturated heterocycles. The van der Waals surface area contributed by atoms with Gasteiger partial charge >= 0.3 is 0 Å². The quantitative estimate of drug-likeness (QED) is 0.774. The van der Waals surface area contributed by atoms with Gasteiger partial charge in [0.1, 0.15) is 5.60 Å². The van der Waals surface area contributed by atoms with Crippen LogP contribution in [0.4, 0.5) is 0 Å². The molecular weight excluding hydrogens is 348 g/mol. The van der Waals surface area contributed by atoms with Crippen LogP contribution >= 0.6 is 0 Å². The van der Waals surface area contributed by atoms with Gasteiger partial charge in [0.2, 0.25) is 17.7 Å². The maximum atomic E-state index is 13.2. The molecule has 2 amide bonds. The molecule has 27 heavy (non-hydrogen) atoms. The number of hydrogen-bond acceptors (Lipinski definition) is 6. The van der Waals surface area contributed by atoms with Crippen LogP contribution in [0.1, 0.15) is 44.3 Å². The standard InChI is InChI=1S/C19H24N4O4/c1-2-14-21-13(22-27-14)9-20-17(24)15-12-7-8-19(26-12)10-23(18(25)16(15)19)11-5-3-4-6-11/h7-8,11-12,15-16H,2-6,9-10H2,1H3,(H,20,24). The van der Waals surface area contributed by atoms with Gasteiger partial charge < -0.3 is 19.5 Å². The minimum absolute atomic E-state index is 0.0710. The molecule has 5 rings (SSSR count). The zero-order valence-corrected chi connectivity index (χ0v) is 15.4. The van der Waals surface area contributed by atoms with E-state index < -0.39 is 17.4 Å². The summed E-state index contributed by atoms with van der Waals surface area (Å²) < 4.78 is 11.2. The van der Waals surface area contributed by atoms with Crippen molar-refractivity contribution in [1.82, 2.24) is 20.4 Å². The fraction of sp³-hybridized carbons (Fsp3) is 0.684. The smallest absolute Gasteiger partial charge is 0.230 e. The number of likely N-dealkylation sites (tertiary alicyclic amines) is 1. The third-order valence-corrected chi connectivity index (χ3v) is 6.43. The van der Waals surface area contributed by atoms with Gasteiger partial charge in [0.25, 0.3) is 0 Å². The van der Waals surface area contributed by atoms with Crippen LogP contribution in [0.3, 0.4) is 0 Å². The Morgan fingerprint density at radius 3 is 2.96 bits per heavy atom. The van der Waals surface area contributed by atoms with Crippen LogP contribution in [0.15, 0.2) is 16.7 Å². The van der Waals surface area contributed by atoms with Crippen molar-refractivity contribution in [3.8, 4) is 0 Å². The third-order valence-electron chi connectivity index (χ3n) is 6.43. The van der Waals surface area contributed by atoms with Crippen molar-refractivity contribution in [2.45, 2.75) is 63.3 Å². The molecule has 1 aliphatic carbocycles. The lowest BCUT2D eigenvalue weighted by molar-refractivity contribution is -0.138. The van der Waals surface area contributed by atoms with Crippen molar-refractivity contribution in [3.63, 3.8) is 0 Å². The number of carbonyl (C=O) groups is 2. The zero-order valence-electron chi connectivity index (χ0n) is 15.4. The summed E-state index contributed by atoms with van der Waals surface area (Å²) in [6, 6.07) is 0.295. The van der Waals surface area contributed by atoms with Crippen LogP contribution in [0.5, 0.6) is 0 Å². The Kier molecular flexibility index (Phi) is 3.86. The number of nitrogens with zero attached hydrogens (tertiary/aromatic N) is 3. The Hall–Kier alpha value is -2.22. The molecule has 1 aromatic rings. The van der Waals surface area contributed by atoms with Gasteiger partial charge in [-0.05, 0) is 12.8 Å². The van der Waals surface area contributed by atoms with Crippen LogP contribution in [0, 0.1) is 11.8 Å². The summed E-state index contributed by atoms with van der Waals surface area (Å²) in [5.41, 5.74) is -0.631. The average Bonchev–Trinajstić information content (AvgIpc) is 3.46. The molecule has 1 N–H and O–H groups in total. The molecular formula is C19H24N4O4. The lowest BCUT2D eigenvalue weighted by Crippen LogP contribution is -2.44. The Labute approximate surface area is 157 Å². The van der Waals surface area contributed by atoms with Gasteiger partial charge in [-0.2, -0.15) is 4.98 Å². The largest absolute Gasteiger partial charge is 0.360 e. The van der Waals surface area contributed by atoms with E-state index in [2.05, 4.69) is 15.5 Å². The van der Waals surface area contributed by atoms with Crippen LogP contribution in [0.25, 0.3) is 0 Å². The SMILES string of the molecule is CCc1nc(CNC(=O)C2C3C=CC4(CN(C5CCCC5)C(=O)C24)O3)no1. The van der Waals surface area contributed by atoms with Crippen molar-refractivity contribution in [3.05, 3.63) is 23.9 Å². The molecule has 8 heteroatoms. The number of rotatable bonds is 5. The van der Waals surface area contributed by atoms with Gasteiger partial charge in [0.05, 0.1) is 31.0 Å². The Balaban J connectivity index is 1.32. The topological polar surface area (TPSA) is 97.6 Å². The number of fused-ring (bicyclic) bond motifs is 1. The minimum Gasteiger partial charge on any atom is -0.360 e. The molecule has 3 fully saturated rings. The summed E-state index contributed by atoms with van der Waals surface area (Å²) in [5, 5.41) is 6.73. The molecule has 0 radical (unpaired) electrons. The molecule has 4 heterocycles. The summed E-state index contributed by atoms with van der Waals surface area (Å²) in [6.45, 7) is 2.69. The first kappa shape index (κ1) is 16.9. The second-order valence-electron chi connectivity index (χ2n) is 7.98. The second kappa shape index (κ2) is 6.15. The molecule has 4 aliphatic rings. The van der Waals surface area contributed by atoms with E-state index in [0.717, 1.165) is 12.8 Å². The van der Waals surface area contributed by atoms with Gasteiger partial charge in [0.15, 0.2) is 5.82 Å². The van der Waals surface area contributed by atoms with E-state index in [1.807, 2.05) is 24.0 Å². The van der Waals surface area contributed by atoms with Crippen LogP contribution in [-0.4, -0.2) is 51.1 Å². The average molecular weight is 372 g/mol. The van der Waals surface area contributed by atoms with E-state index in [1.165, 1.54) is 12.8 Å². The highest BCUT2D eigenvalue weighted by molar-refractivity contribution is 5.93. The van der Waals surface area contributed by atoms with Gasteiger partial charge in [-0.15, -0.1) is 0 Å². The number of aromatic nitrogens is 2. The summed E-state index contributed by atoms with van der Waals surface area (Å²) in [4.78, 5) is 32.3. The number of hydrogen-bond donors (Lipinski definition) is 1. The van der Waals surface area contributed by atoms with Crippen molar-refractivity contribution >= 4 is 11.8 Å². The molecule has 3 aliphatic heterocycles. The molecule has 144 valence electrons. The van der Waals surface area contributed by atoms with Gasteiger partial charge in [-0.1, -0.05) is 37.1 Å². The summed E-state index contributed by atoms with van der Waals surface area (Å²) in [6.07, 6.45) is 8.70. The Bertz CT molecular complexity index is 799. The maximum Gasteiger partial charge on any atom is 0.230 e. The predicted octanol–water partition coefficient (Wildman–Crippen LogP) is 0.973. The van der Waals surface area contributed by atoms with Crippen LogP contribution < -0.4 is 5.32 Å². The normalized spacial score (nSPS) is 34.6. The lowest BCUT2D eigenvalue weighted by Gasteiger charge is -2.26.